The molecule has 0 spiro atoms. The molecule has 2 atom stereocenters. The summed E-state index contributed by atoms with van der Waals surface area (Å²) in [4.78, 5) is 17.9. The Kier molecular flexibility index (Phi) is 8.76. The fourth-order valence-electron chi connectivity index (χ4n) is 4.38. The van der Waals surface area contributed by atoms with Crippen molar-refractivity contribution >= 4 is 34.6 Å². The quantitative estimate of drug-likeness (QED) is 0.216. The smallest absolute Gasteiger partial charge is 0.447 e. The molecule has 1 saturated heterocycles. The molecule has 0 bridgehead atoms. The van der Waals surface area contributed by atoms with Gasteiger partial charge in [-0.3, -0.25) is 4.79 Å². The molecule has 0 aromatic carbocycles. The molecular weight excluding hydrogens is 536 g/mol. The Morgan fingerprint density at radius 2 is 2.05 bits per heavy atom. The molecule has 1 aliphatic rings. The van der Waals surface area contributed by atoms with Crippen molar-refractivity contribution in [2.24, 2.45) is 5.92 Å². The number of nitrogens with zero attached hydrogens (tertiary/aromatic N) is 3. The molecule has 0 unspecified atom stereocenters. The molecule has 4 rings (SSSR count). The highest BCUT2D eigenvalue weighted by Gasteiger charge is 2.33. The van der Waals surface area contributed by atoms with E-state index in [0.29, 0.717) is 42.1 Å². The highest BCUT2D eigenvalue weighted by Crippen LogP contribution is 2.40. The summed E-state index contributed by atoms with van der Waals surface area (Å²) in [6, 6.07) is 6.53. The van der Waals surface area contributed by atoms with Crippen LogP contribution in [0.4, 0.5) is 28.9 Å². The van der Waals surface area contributed by atoms with Crippen LogP contribution in [0.25, 0.3) is 5.52 Å². The lowest BCUT2D eigenvalue weighted by Crippen LogP contribution is -2.23. The van der Waals surface area contributed by atoms with E-state index in [1.165, 1.54) is 24.8 Å². The van der Waals surface area contributed by atoms with Gasteiger partial charge in [-0.25, -0.2) is 9.37 Å². The maximum atomic E-state index is 14.3. The first kappa shape index (κ1) is 28.4. The molecule has 13 heteroatoms. The van der Waals surface area contributed by atoms with E-state index < -0.39 is 11.7 Å². The lowest BCUT2D eigenvalue weighted by molar-refractivity contribution is -0.0329. The van der Waals surface area contributed by atoms with E-state index in [4.69, 9.17) is 4.74 Å². The van der Waals surface area contributed by atoms with Gasteiger partial charge in [0, 0.05) is 56.8 Å². The number of methoxy groups -OCH3 is 1. The molecular formula is C26H28F4N6O2S. The second-order valence-electron chi connectivity index (χ2n) is 8.98. The summed E-state index contributed by atoms with van der Waals surface area (Å²) in [7, 11) is 4.78. The highest BCUT2D eigenvalue weighted by atomic mass is 32.2. The number of halogens is 4. The molecule has 39 heavy (non-hydrogen) atoms. The number of amides is 1. The van der Waals surface area contributed by atoms with Crippen molar-refractivity contribution in [3.05, 3.63) is 47.8 Å². The average molecular weight is 565 g/mol. The number of hydrogen-bond acceptors (Lipinski definition) is 7. The molecule has 3 aromatic rings. The third-order valence-electron chi connectivity index (χ3n) is 6.20. The summed E-state index contributed by atoms with van der Waals surface area (Å²) in [5.74, 6) is 5.37. The molecule has 0 saturated carbocycles. The van der Waals surface area contributed by atoms with Crippen LogP contribution in [0.15, 0.2) is 41.7 Å². The van der Waals surface area contributed by atoms with Crippen molar-refractivity contribution in [2.75, 3.05) is 58.0 Å². The molecule has 3 N–H and O–H groups in total. The van der Waals surface area contributed by atoms with Gasteiger partial charge in [0.2, 0.25) is 5.88 Å². The van der Waals surface area contributed by atoms with Crippen LogP contribution in [0.5, 0.6) is 5.88 Å². The van der Waals surface area contributed by atoms with Gasteiger partial charge in [0.25, 0.3) is 5.91 Å². The zero-order valence-electron chi connectivity index (χ0n) is 21.5. The molecule has 0 aliphatic carbocycles. The lowest BCUT2D eigenvalue weighted by atomic mass is 10.1. The minimum Gasteiger partial charge on any atom is -0.480 e. The van der Waals surface area contributed by atoms with Crippen LogP contribution in [0.3, 0.4) is 0 Å². The van der Waals surface area contributed by atoms with Gasteiger partial charge < -0.3 is 30.0 Å². The number of hydrogen-bond donors (Lipinski definition) is 3. The molecule has 1 aliphatic heterocycles. The number of carbonyl (C=O) groups excluding carboxylic acids is 1. The van der Waals surface area contributed by atoms with Crippen LogP contribution in [0.2, 0.25) is 0 Å². The Morgan fingerprint density at radius 3 is 2.72 bits per heavy atom. The number of carbonyl (C=O) groups is 1. The minimum absolute atomic E-state index is 0.0513. The van der Waals surface area contributed by atoms with Crippen molar-refractivity contribution < 1.29 is 27.1 Å². The maximum Gasteiger partial charge on any atom is 0.447 e. The molecule has 208 valence electrons. The minimum atomic E-state index is -4.53. The molecule has 3 aromatic heterocycles. The first-order valence-electron chi connectivity index (χ1n) is 12.0. The number of likely N-dealkylation sites (tertiary alicyclic amines) is 1. The van der Waals surface area contributed by atoms with Gasteiger partial charge in [-0.1, -0.05) is 11.8 Å². The third kappa shape index (κ3) is 6.88. The van der Waals surface area contributed by atoms with Crippen LogP contribution in [0.1, 0.15) is 15.9 Å². The first-order chi connectivity index (χ1) is 18.6. The van der Waals surface area contributed by atoms with Crippen LogP contribution >= 0.6 is 11.8 Å². The SMILES string of the molecule is CNC(=O)c1cnc(OC)c(NCC#Cc2cc3c(NC[C@@H]4CN(C)C[C@@H]4F)cccn3c2SC(F)(F)F)c1. The van der Waals surface area contributed by atoms with Crippen molar-refractivity contribution in [1.29, 1.82) is 0 Å². The summed E-state index contributed by atoms with van der Waals surface area (Å²) in [5, 5.41) is 8.65. The van der Waals surface area contributed by atoms with Crippen LogP contribution in [-0.2, 0) is 0 Å². The summed E-state index contributed by atoms with van der Waals surface area (Å²) in [6.07, 6.45) is 1.94. The number of nitrogens with one attached hydrogen (secondary N) is 3. The van der Waals surface area contributed by atoms with Crippen molar-refractivity contribution in [3.63, 3.8) is 0 Å². The van der Waals surface area contributed by atoms with E-state index in [-0.39, 0.29) is 46.6 Å². The molecule has 1 fully saturated rings. The number of pyridine rings is 2. The van der Waals surface area contributed by atoms with Crippen molar-refractivity contribution in [3.8, 4) is 17.7 Å². The Morgan fingerprint density at radius 1 is 1.26 bits per heavy atom. The molecule has 4 heterocycles. The zero-order valence-corrected chi connectivity index (χ0v) is 22.3. The summed E-state index contributed by atoms with van der Waals surface area (Å²) >= 11 is -0.244. The van der Waals surface area contributed by atoms with Gasteiger partial charge in [0.1, 0.15) is 11.2 Å². The predicted octanol–water partition coefficient (Wildman–Crippen LogP) is 4.09. The van der Waals surface area contributed by atoms with Gasteiger partial charge in [-0.15, -0.1) is 0 Å². The van der Waals surface area contributed by atoms with Gasteiger partial charge in [-0.05, 0) is 31.3 Å². The van der Waals surface area contributed by atoms with Crippen LogP contribution in [-0.4, -0.2) is 79.3 Å². The van der Waals surface area contributed by atoms with Crippen LogP contribution < -0.4 is 20.7 Å². The summed E-state index contributed by atoms with van der Waals surface area (Å²) < 4.78 is 61.3. The van der Waals surface area contributed by atoms with E-state index in [1.54, 1.807) is 30.5 Å². The van der Waals surface area contributed by atoms with E-state index in [9.17, 15) is 22.4 Å². The fraction of sp³-hybridized carbons (Fsp3) is 0.385. The number of fused-ring (bicyclic) bond motifs is 1. The Labute approximate surface area is 227 Å². The zero-order chi connectivity index (χ0) is 28.2. The van der Waals surface area contributed by atoms with Crippen molar-refractivity contribution in [2.45, 2.75) is 16.7 Å². The maximum absolute atomic E-state index is 14.3. The third-order valence-corrected chi connectivity index (χ3v) is 7.04. The predicted molar refractivity (Wildman–Crippen MR) is 143 cm³/mol. The Hall–Kier alpha value is -3.63. The largest absolute Gasteiger partial charge is 0.480 e. The van der Waals surface area contributed by atoms with Crippen LogP contribution in [0, 0.1) is 17.8 Å². The lowest BCUT2D eigenvalue weighted by Gasteiger charge is -2.15. The number of anilines is 2. The fourth-order valence-corrected chi connectivity index (χ4v) is 5.08. The monoisotopic (exact) mass is 564 g/mol. The first-order valence-corrected chi connectivity index (χ1v) is 12.9. The van der Waals surface area contributed by atoms with E-state index in [2.05, 4.69) is 32.8 Å². The molecule has 1 amide bonds. The number of rotatable bonds is 8. The van der Waals surface area contributed by atoms with Gasteiger partial charge in [0.15, 0.2) is 0 Å². The second kappa shape index (κ2) is 12.0. The summed E-state index contributed by atoms with van der Waals surface area (Å²) in [5.41, 5.74) is -2.51. The van der Waals surface area contributed by atoms with E-state index >= 15 is 0 Å². The molecule has 0 radical (unpaired) electrons. The standard InChI is InChI=1S/C26H28F4N6O2S/c1-31-23(37)17-10-21(24(38-3)34-12-17)32-8-4-6-16-11-22-20(33-13-18-14-35(2)15-19(18)27)7-5-9-36(22)25(16)39-26(28,29)30/h5,7,9-12,18-19,32-33H,8,13-15H2,1-3H3,(H,31,37)/t18-,19+/m1/s1. The summed E-state index contributed by atoms with van der Waals surface area (Å²) in [6.45, 7) is 1.37. The second-order valence-corrected chi connectivity index (χ2v) is 10.0. The van der Waals surface area contributed by atoms with Gasteiger partial charge >= 0.3 is 5.51 Å². The average Bonchev–Trinajstić information content (AvgIpc) is 3.41. The topological polar surface area (TPSA) is 82.9 Å². The Bertz CT molecular complexity index is 1400. The number of ether oxygens (including phenoxy) is 1. The molecule has 8 nitrogen and oxygen atoms in total. The van der Waals surface area contributed by atoms with Gasteiger partial charge in [-0.2, -0.15) is 13.2 Å². The number of alkyl halides is 4. The number of thioether (sulfide) groups is 1. The highest BCUT2D eigenvalue weighted by molar-refractivity contribution is 8.00. The van der Waals surface area contributed by atoms with E-state index in [1.807, 2.05) is 11.9 Å². The van der Waals surface area contributed by atoms with Crippen molar-refractivity contribution in [1.82, 2.24) is 19.6 Å². The number of aromatic nitrogens is 2. The normalized spacial score (nSPS) is 17.5. The van der Waals surface area contributed by atoms with Gasteiger partial charge in [0.05, 0.1) is 41.7 Å². The van der Waals surface area contributed by atoms with E-state index in [0.717, 1.165) is 0 Å². The Balaban J connectivity index is 1.58.